The zero-order valence-corrected chi connectivity index (χ0v) is 32.2. The standard InChI is InChI=1S/C42H49F4N3O9/c1-2-54-38(51)36(23-29-8-4-3-5-9-29)49-37(50)18-17-33-24-35(56-40(53)47-21-19-28-13-15-32(43)16-14-28)25-41(57-33)20-7-12-34(58-41)27-55-39(52)48-26-30-10-6-11-31(22-30)42(44,45)46/h3-6,8-11,13-16,22,33-36H,2,7,12,17-21,23-27H2,1H3,(H,47,53)(H,48,52)(H,49,50)/t33-,34-,35-,36+,41+/m1/s1. The van der Waals surface area contributed by atoms with Crippen molar-refractivity contribution in [3.63, 3.8) is 0 Å². The summed E-state index contributed by atoms with van der Waals surface area (Å²) >= 11 is 0. The topological polar surface area (TPSA) is 151 Å². The molecule has 3 amide bonds. The highest BCUT2D eigenvalue weighted by Crippen LogP contribution is 2.41. The van der Waals surface area contributed by atoms with Gasteiger partial charge in [0.2, 0.25) is 5.91 Å². The van der Waals surface area contributed by atoms with Gasteiger partial charge in [0.25, 0.3) is 0 Å². The van der Waals surface area contributed by atoms with Gasteiger partial charge in [0, 0.05) is 45.2 Å². The summed E-state index contributed by atoms with van der Waals surface area (Å²) in [4.78, 5) is 51.5. The number of ether oxygens (including phenoxy) is 5. The molecule has 0 aliphatic carbocycles. The maximum atomic E-state index is 13.3. The van der Waals surface area contributed by atoms with E-state index in [1.807, 2.05) is 30.3 Å². The first-order chi connectivity index (χ1) is 27.8. The molecule has 1 spiro atoms. The molecule has 2 aliphatic heterocycles. The number of alkyl carbamates (subject to hydrolysis) is 2. The number of hydrogen-bond acceptors (Lipinski definition) is 9. The fraction of sp³-hybridized carbons (Fsp3) is 0.476. The third kappa shape index (κ3) is 14.0. The van der Waals surface area contributed by atoms with Gasteiger partial charge in [-0.3, -0.25) is 4.79 Å². The first-order valence-electron chi connectivity index (χ1n) is 19.4. The third-order valence-corrected chi connectivity index (χ3v) is 9.75. The number of halogens is 4. The fourth-order valence-electron chi connectivity index (χ4n) is 7.01. The zero-order chi connectivity index (χ0) is 41.5. The van der Waals surface area contributed by atoms with Gasteiger partial charge in [0.1, 0.15) is 24.6 Å². The Labute approximate surface area is 334 Å². The van der Waals surface area contributed by atoms with Gasteiger partial charge >= 0.3 is 24.3 Å². The number of carbonyl (C=O) groups excluding carboxylic acids is 4. The normalized spacial score (nSPS) is 21.0. The Hall–Kier alpha value is -5.22. The van der Waals surface area contributed by atoms with E-state index in [1.54, 1.807) is 19.1 Å². The Morgan fingerprint density at radius 2 is 1.62 bits per heavy atom. The molecule has 314 valence electrons. The van der Waals surface area contributed by atoms with E-state index in [-0.39, 0.29) is 69.8 Å². The van der Waals surface area contributed by atoms with Gasteiger partial charge < -0.3 is 39.6 Å². The number of benzene rings is 3. The lowest BCUT2D eigenvalue weighted by atomic mass is 9.90. The lowest BCUT2D eigenvalue weighted by Gasteiger charge is -2.47. The lowest BCUT2D eigenvalue weighted by molar-refractivity contribution is -0.329. The molecule has 3 N–H and O–H groups in total. The van der Waals surface area contributed by atoms with Crippen LogP contribution in [0.15, 0.2) is 78.9 Å². The predicted molar refractivity (Wildman–Crippen MR) is 202 cm³/mol. The van der Waals surface area contributed by atoms with Gasteiger partial charge in [-0.25, -0.2) is 18.8 Å². The minimum absolute atomic E-state index is 0.0272. The zero-order valence-electron chi connectivity index (χ0n) is 32.2. The number of rotatable bonds is 16. The van der Waals surface area contributed by atoms with Crippen LogP contribution in [0.4, 0.5) is 27.2 Å². The molecular weight excluding hydrogens is 766 g/mol. The fourth-order valence-corrected chi connectivity index (χ4v) is 7.01. The van der Waals surface area contributed by atoms with Crippen LogP contribution in [-0.2, 0) is 58.8 Å². The summed E-state index contributed by atoms with van der Waals surface area (Å²) in [5, 5.41) is 7.97. The largest absolute Gasteiger partial charge is 0.464 e. The van der Waals surface area contributed by atoms with Gasteiger partial charge in [-0.2, -0.15) is 13.2 Å². The van der Waals surface area contributed by atoms with E-state index in [9.17, 15) is 36.7 Å². The average Bonchev–Trinajstić information content (AvgIpc) is 3.19. The second-order valence-electron chi connectivity index (χ2n) is 14.3. The second-order valence-corrected chi connectivity index (χ2v) is 14.3. The average molecular weight is 816 g/mol. The summed E-state index contributed by atoms with van der Waals surface area (Å²) in [6, 6.07) is 18.8. The van der Waals surface area contributed by atoms with Crippen molar-refractivity contribution in [2.45, 2.75) is 108 Å². The molecule has 5 rings (SSSR count). The number of hydrogen-bond donors (Lipinski definition) is 3. The van der Waals surface area contributed by atoms with Crippen LogP contribution in [0.3, 0.4) is 0 Å². The van der Waals surface area contributed by atoms with Crippen molar-refractivity contribution < 1.29 is 60.4 Å². The number of nitrogens with one attached hydrogen (secondary N) is 3. The quantitative estimate of drug-likeness (QED) is 0.0796. The Kier molecular flexibility index (Phi) is 15.9. The van der Waals surface area contributed by atoms with Crippen LogP contribution in [0.25, 0.3) is 0 Å². The lowest BCUT2D eigenvalue weighted by Crippen LogP contribution is -2.54. The van der Waals surface area contributed by atoms with E-state index < -0.39 is 65.9 Å². The summed E-state index contributed by atoms with van der Waals surface area (Å²) in [7, 11) is 0. The molecule has 3 aromatic rings. The van der Waals surface area contributed by atoms with Crippen molar-refractivity contribution in [2.24, 2.45) is 0 Å². The monoisotopic (exact) mass is 815 g/mol. The minimum atomic E-state index is -4.52. The molecule has 2 aliphatic rings. The molecular formula is C42H49F4N3O9. The molecule has 2 saturated heterocycles. The summed E-state index contributed by atoms with van der Waals surface area (Å²) in [6.45, 7) is 1.70. The van der Waals surface area contributed by atoms with E-state index in [0.29, 0.717) is 25.7 Å². The van der Waals surface area contributed by atoms with Crippen LogP contribution < -0.4 is 16.0 Å². The molecule has 0 saturated carbocycles. The molecule has 0 aromatic heterocycles. The van der Waals surface area contributed by atoms with E-state index in [2.05, 4.69) is 16.0 Å². The molecule has 0 unspecified atom stereocenters. The highest BCUT2D eigenvalue weighted by atomic mass is 19.4. The number of amides is 3. The number of alkyl halides is 3. The van der Waals surface area contributed by atoms with Crippen molar-refractivity contribution in [1.29, 1.82) is 0 Å². The van der Waals surface area contributed by atoms with Crippen molar-refractivity contribution in [3.8, 4) is 0 Å². The molecule has 5 atom stereocenters. The van der Waals surface area contributed by atoms with Crippen molar-refractivity contribution >= 4 is 24.1 Å². The highest BCUT2D eigenvalue weighted by molar-refractivity contribution is 5.84. The first-order valence-corrected chi connectivity index (χ1v) is 19.4. The molecule has 0 bridgehead atoms. The van der Waals surface area contributed by atoms with Crippen molar-refractivity contribution in [3.05, 3.63) is 107 Å². The third-order valence-electron chi connectivity index (χ3n) is 9.75. The summed E-state index contributed by atoms with van der Waals surface area (Å²) in [6.07, 6.45) is -5.18. The first kappa shape index (κ1) is 43.9. The van der Waals surface area contributed by atoms with E-state index >= 15 is 0 Å². The maximum Gasteiger partial charge on any atom is 0.416 e. The second kappa shape index (κ2) is 21.0. The molecule has 2 fully saturated rings. The van der Waals surface area contributed by atoms with Crippen LogP contribution >= 0.6 is 0 Å². The number of carbonyl (C=O) groups is 4. The van der Waals surface area contributed by atoms with E-state index in [0.717, 1.165) is 23.3 Å². The van der Waals surface area contributed by atoms with Gasteiger partial charge in [-0.05, 0) is 73.6 Å². The number of esters is 1. The van der Waals surface area contributed by atoms with Gasteiger partial charge in [-0.1, -0.05) is 54.6 Å². The Balaban J connectivity index is 1.19. The molecule has 0 radical (unpaired) electrons. The summed E-state index contributed by atoms with van der Waals surface area (Å²) < 4.78 is 82.0. The molecule has 12 nitrogen and oxygen atoms in total. The van der Waals surface area contributed by atoms with E-state index in [4.69, 9.17) is 23.7 Å². The summed E-state index contributed by atoms with van der Waals surface area (Å²) in [5.74, 6) is -2.57. The Morgan fingerprint density at radius 3 is 2.36 bits per heavy atom. The minimum Gasteiger partial charge on any atom is -0.464 e. The maximum absolute atomic E-state index is 13.3. The van der Waals surface area contributed by atoms with Crippen LogP contribution in [0.5, 0.6) is 0 Å². The Bertz CT molecular complexity index is 1820. The molecule has 16 heteroatoms. The summed E-state index contributed by atoms with van der Waals surface area (Å²) in [5.41, 5.74) is 1.08. The van der Waals surface area contributed by atoms with Gasteiger partial charge in [0.15, 0.2) is 5.79 Å². The van der Waals surface area contributed by atoms with Crippen LogP contribution in [0.2, 0.25) is 0 Å². The van der Waals surface area contributed by atoms with Crippen LogP contribution in [0, 0.1) is 5.82 Å². The van der Waals surface area contributed by atoms with Crippen LogP contribution in [-0.4, -0.2) is 74.0 Å². The van der Waals surface area contributed by atoms with Crippen molar-refractivity contribution in [1.82, 2.24) is 16.0 Å². The Morgan fingerprint density at radius 1 is 0.879 bits per heavy atom. The highest BCUT2D eigenvalue weighted by Gasteiger charge is 2.47. The molecule has 3 aromatic carbocycles. The van der Waals surface area contributed by atoms with E-state index in [1.165, 1.54) is 24.3 Å². The van der Waals surface area contributed by atoms with Gasteiger partial charge in [-0.15, -0.1) is 0 Å². The van der Waals surface area contributed by atoms with Gasteiger partial charge in [0.05, 0.1) is 24.4 Å². The predicted octanol–water partition coefficient (Wildman–Crippen LogP) is 6.92. The smallest absolute Gasteiger partial charge is 0.416 e. The SMILES string of the molecule is CCOC(=O)[C@H](Cc1ccccc1)NC(=O)CC[C@@H]1C[C@@H](OC(=O)NCCc2ccc(F)cc2)C[C@@]2(CCC[C@H](COC(=O)NCc3cccc(C(F)(F)F)c3)O2)O1. The molecule has 2 heterocycles. The van der Waals surface area contributed by atoms with Crippen LogP contribution in [0.1, 0.15) is 74.1 Å². The molecule has 58 heavy (non-hydrogen) atoms. The van der Waals surface area contributed by atoms with Crippen molar-refractivity contribution in [2.75, 3.05) is 19.8 Å².